The second kappa shape index (κ2) is 5.71. The Hall–Kier alpha value is -1.51. The van der Waals surface area contributed by atoms with E-state index in [1.54, 1.807) is 7.11 Å². The molecule has 0 aliphatic heterocycles. The zero-order valence-electron chi connectivity index (χ0n) is 11.2. The third-order valence-electron chi connectivity index (χ3n) is 3.11. The standard InChI is InChI=1S/C14H21NO2/c1-9(2)11(4)15-14(16)12-7-6-8-13(17-5)10(12)3/h6-9,11H,1-5H3,(H,15,16). The zero-order chi connectivity index (χ0) is 13.0. The minimum Gasteiger partial charge on any atom is -0.496 e. The molecule has 0 saturated heterocycles. The summed E-state index contributed by atoms with van der Waals surface area (Å²) in [4.78, 5) is 12.1. The third kappa shape index (κ3) is 3.22. The smallest absolute Gasteiger partial charge is 0.251 e. The van der Waals surface area contributed by atoms with E-state index in [-0.39, 0.29) is 11.9 Å². The fourth-order valence-corrected chi connectivity index (χ4v) is 1.53. The van der Waals surface area contributed by atoms with Crippen LogP contribution in [0.4, 0.5) is 0 Å². The number of nitrogens with one attached hydrogen (secondary N) is 1. The Labute approximate surface area is 103 Å². The van der Waals surface area contributed by atoms with Crippen molar-refractivity contribution < 1.29 is 9.53 Å². The number of carbonyl (C=O) groups is 1. The van der Waals surface area contributed by atoms with Crippen molar-refractivity contribution in [1.29, 1.82) is 0 Å². The summed E-state index contributed by atoms with van der Waals surface area (Å²) in [6.07, 6.45) is 0. The van der Waals surface area contributed by atoms with Gasteiger partial charge in [0, 0.05) is 17.2 Å². The van der Waals surface area contributed by atoms with Crippen molar-refractivity contribution in [2.24, 2.45) is 5.92 Å². The second-order valence-corrected chi connectivity index (χ2v) is 4.64. The highest BCUT2D eigenvalue weighted by molar-refractivity contribution is 5.96. The lowest BCUT2D eigenvalue weighted by Gasteiger charge is -2.18. The van der Waals surface area contributed by atoms with E-state index in [4.69, 9.17) is 4.74 Å². The van der Waals surface area contributed by atoms with Crippen LogP contribution in [-0.2, 0) is 0 Å². The van der Waals surface area contributed by atoms with Crippen molar-refractivity contribution in [3.63, 3.8) is 0 Å². The average Bonchev–Trinajstić information content (AvgIpc) is 2.28. The number of methoxy groups -OCH3 is 1. The number of benzene rings is 1. The predicted molar refractivity (Wildman–Crippen MR) is 69.5 cm³/mol. The number of rotatable bonds is 4. The van der Waals surface area contributed by atoms with Crippen molar-refractivity contribution in [1.82, 2.24) is 5.32 Å². The van der Waals surface area contributed by atoms with Crippen LogP contribution in [0, 0.1) is 12.8 Å². The molecular weight excluding hydrogens is 214 g/mol. The molecule has 0 aliphatic carbocycles. The maximum Gasteiger partial charge on any atom is 0.251 e. The van der Waals surface area contributed by atoms with E-state index in [2.05, 4.69) is 19.2 Å². The Balaban J connectivity index is 2.89. The van der Waals surface area contributed by atoms with E-state index in [1.165, 1.54) is 0 Å². The first-order valence-electron chi connectivity index (χ1n) is 5.91. The van der Waals surface area contributed by atoms with E-state index in [9.17, 15) is 4.79 Å². The van der Waals surface area contributed by atoms with Gasteiger partial charge >= 0.3 is 0 Å². The van der Waals surface area contributed by atoms with Crippen LogP contribution in [0.1, 0.15) is 36.7 Å². The largest absolute Gasteiger partial charge is 0.496 e. The van der Waals surface area contributed by atoms with Gasteiger partial charge in [0.1, 0.15) is 5.75 Å². The molecule has 1 atom stereocenters. The van der Waals surface area contributed by atoms with Gasteiger partial charge in [-0.15, -0.1) is 0 Å². The molecule has 94 valence electrons. The summed E-state index contributed by atoms with van der Waals surface area (Å²) in [5.74, 6) is 1.13. The quantitative estimate of drug-likeness (QED) is 0.871. The van der Waals surface area contributed by atoms with Crippen molar-refractivity contribution in [2.75, 3.05) is 7.11 Å². The molecule has 0 aliphatic rings. The van der Waals surface area contributed by atoms with E-state index < -0.39 is 0 Å². The molecule has 3 nitrogen and oxygen atoms in total. The highest BCUT2D eigenvalue weighted by Gasteiger charge is 2.15. The Morgan fingerprint density at radius 2 is 1.94 bits per heavy atom. The van der Waals surface area contributed by atoms with Crippen LogP contribution in [-0.4, -0.2) is 19.1 Å². The lowest BCUT2D eigenvalue weighted by Crippen LogP contribution is -2.36. The maximum absolute atomic E-state index is 12.1. The molecule has 0 radical (unpaired) electrons. The Kier molecular flexibility index (Phi) is 4.55. The van der Waals surface area contributed by atoms with Gasteiger partial charge in [-0.2, -0.15) is 0 Å². The summed E-state index contributed by atoms with van der Waals surface area (Å²) in [6.45, 7) is 8.08. The first-order chi connectivity index (χ1) is 7.97. The third-order valence-corrected chi connectivity index (χ3v) is 3.11. The number of carbonyl (C=O) groups excluding carboxylic acids is 1. The average molecular weight is 235 g/mol. The van der Waals surface area contributed by atoms with E-state index >= 15 is 0 Å². The predicted octanol–water partition coefficient (Wildman–Crippen LogP) is 2.78. The molecule has 0 heterocycles. The van der Waals surface area contributed by atoms with Crippen LogP contribution >= 0.6 is 0 Å². The summed E-state index contributed by atoms with van der Waals surface area (Å²) in [6, 6.07) is 5.67. The van der Waals surface area contributed by atoms with Crippen LogP contribution in [0.5, 0.6) is 5.75 Å². The molecule has 0 fully saturated rings. The van der Waals surface area contributed by atoms with Gasteiger partial charge in [0.2, 0.25) is 0 Å². The maximum atomic E-state index is 12.1. The minimum absolute atomic E-state index is 0.0393. The van der Waals surface area contributed by atoms with Gasteiger partial charge in [-0.05, 0) is 31.9 Å². The molecule has 1 aromatic rings. The van der Waals surface area contributed by atoms with Crippen molar-refractivity contribution in [3.05, 3.63) is 29.3 Å². The van der Waals surface area contributed by atoms with Gasteiger partial charge in [0.25, 0.3) is 5.91 Å². The highest BCUT2D eigenvalue weighted by Crippen LogP contribution is 2.21. The van der Waals surface area contributed by atoms with Gasteiger partial charge in [0.05, 0.1) is 7.11 Å². The number of hydrogen-bond acceptors (Lipinski definition) is 2. The number of hydrogen-bond donors (Lipinski definition) is 1. The van der Waals surface area contributed by atoms with E-state index in [0.717, 1.165) is 11.3 Å². The molecule has 1 amide bonds. The van der Waals surface area contributed by atoms with Crippen LogP contribution in [0.3, 0.4) is 0 Å². The lowest BCUT2D eigenvalue weighted by molar-refractivity contribution is 0.0929. The monoisotopic (exact) mass is 235 g/mol. The van der Waals surface area contributed by atoms with Gasteiger partial charge in [0.15, 0.2) is 0 Å². The summed E-state index contributed by atoms with van der Waals surface area (Å²) in [5.41, 5.74) is 1.56. The molecular formula is C14H21NO2. The summed E-state index contributed by atoms with van der Waals surface area (Å²) >= 11 is 0. The summed E-state index contributed by atoms with van der Waals surface area (Å²) in [7, 11) is 1.61. The molecule has 0 bridgehead atoms. The lowest BCUT2D eigenvalue weighted by atomic mass is 10.0. The van der Waals surface area contributed by atoms with Gasteiger partial charge in [-0.1, -0.05) is 19.9 Å². The Morgan fingerprint density at radius 1 is 1.29 bits per heavy atom. The highest BCUT2D eigenvalue weighted by atomic mass is 16.5. The van der Waals surface area contributed by atoms with Crippen molar-refractivity contribution in [2.45, 2.75) is 33.7 Å². The number of ether oxygens (including phenoxy) is 1. The van der Waals surface area contributed by atoms with Gasteiger partial charge in [-0.3, -0.25) is 4.79 Å². The van der Waals surface area contributed by atoms with Crippen molar-refractivity contribution in [3.8, 4) is 5.75 Å². The Bertz CT molecular complexity index is 399. The van der Waals surface area contributed by atoms with Crippen molar-refractivity contribution >= 4 is 5.91 Å². The summed E-state index contributed by atoms with van der Waals surface area (Å²) in [5, 5.41) is 2.99. The SMILES string of the molecule is COc1cccc(C(=O)NC(C)C(C)C)c1C. The topological polar surface area (TPSA) is 38.3 Å². The minimum atomic E-state index is -0.0393. The van der Waals surface area contributed by atoms with E-state index in [1.807, 2.05) is 32.0 Å². The fourth-order valence-electron chi connectivity index (χ4n) is 1.53. The molecule has 1 unspecified atom stereocenters. The van der Waals surface area contributed by atoms with Gasteiger partial charge in [-0.25, -0.2) is 0 Å². The molecule has 0 spiro atoms. The van der Waals surface area contributed by atoms with Crippen LogP contribution in [0.25, 0.3) is 0 Å². The number of amides is 1. The molecule has 1 rings (SSSR count). The summed E-state index contributed by atoms with van der Waals surface area (Å²) < 4.78 is 5.21. The molecule has 1 N–H and O–H groups in total. The molecule has 3 heteroatoms. The molecule has 0 aromatic heterocycles. The second-order valence-electron chi connectivity index (χ2n) is 4.64. The van der Waals surface area contributed by atoms with Crippen LogP contribution in [0.2, 0.25) is 0 Å². The molecule has 0 saturated carbocycles. The zero-order valence-corrected chi connectivity index (χ0v) is 11.2. The Morgan fingerprint density at radius 3 is 2.47 bits per heavy atom. The van der Waals surface area contributed by atoms with Crippen LogP contribution < -0.4 is 10.1 Å². The van der Waals surface area contributed by atoms with Gasteiger partial charge < -0.3 is 10.1 Å². The first-order valence-corrected chi connectivity index (χ1v) is 5.91. The van der Waals surface area contributed by atoms with Crippen LogP contribution in [0.15, 0.2) is 18.2 Å². The normalized spacial score (nSPS) is 12.4. The van der Waals surface area contributed by atoms with E-state index in [0.29, 0.717) is 11.5 Å². The fraction of sp³-hybridized carbons (Fsp3) is 0.500. The molecule has 1 aromatic carbocycles. The molecule has 17 heavy (non-hydrogen) atoms. The first kappa shape index (κ1) is 13.6.